The Balaban J connectivity index is 1.48. The summed E-state index contributed by atoms with van der Waals surface area (Å²) in [6.07, 6.45) is 3.25. The predicted octanol–water partition coefficient (Wildman–Crippen LogP) is 4.31. The number of fused-ring (bicyclic) bond motifs is 1. The molecule has 3 heterocycles. The van der Waals surface area contributed by atoms with Crippen LogP contribution in [0.4, 0.5) is 5.69 Å². The van der Waals surface area contributed by atoms with Crippen LogP contribution in [0, 0.1) is 0 Å². The summed E-state index contributed by atoms with van der Waals surface area (Å²) in [5.41, 5.74) is 2.39. The molecule has 4 aromatic rings. The third-order valence-electron chi connectivity index (χ3n) is 4.35. The van der Waals surface area contributed by atoms with Gasteiger partial charge in [0.05, 0.1) is 28.3 Å². The number of hydrogen-bond donors (Lipinski definition) is 2. The van der Waals surface area contributed by atoms with Crippen molar-refractivity contribution in [3.05, 3.63) is 76.4 Å². The van der Waals surface area contributed by atoms with Crippen molar-refractivity contribution in [2.45, 2.75) is 17.9 Å². The molecule has 0 spiro atoms. The fraction of sp³-hybridized carbons (Fsp3) is 0.143. The zero-order chi connectivity index (χ0) is 20.2. The fourth-order valence-corrected chi connectivity index (χ4v) is 4.57. The van der Waals surface area contributed by atoms with E-state index in [9.17, 15) is 9.59 Å². The van der Waals surface area contributed by atoms with Gasteiger partial charge in [0.15, 0.2) is 0 Å². The maximum Gasteiger partial charge on any atom is 0.260 e. The molecule has 0 fully saturated rings. The number of carbonyl (C=O) groups excluding carboxylic acids is 1. The highest BCUT2D eigenvalue weighted by Crippen LogP contribution is 2.30. The number of aromatic nitrogens is 3. The smallest absolute Gasteiger partial charge is 0.260 e. The number of benzene rings is 1. The number of thiophene rings is 1. The van der Waals surface area contributed by atoms with Gasteiger partial charge in [0.2, 0.25) is 5.91 Å². The number of aromatic amines is 1. The molecule has 8 heteroatoms. The third-order valence-corrected chi connectivity index (χ3v) is 6.37. The van der Waals surface area contributed by atoms with Crippen molar-refractivity contribution in [3.8, 4) is 11.1 Å². The first-order chi connectivity index (χ1) is 14.1. The van der Waals surface area contributed by atoms with Gasteiger partial charge < -0.3 is 10.3 Å². The lowest BCUT2D eigenvalue weighted by atomic mass is 10.1. The molecule has 3 aromatic heterocycles. The summed E-state index contributed by atoms with van der Waals surface area (Å²) in [4.78, 5) is 37.2. The van der Waals surface area contributed by atoms with Crippen LogP contribution >= 0.6 is 23.1 Å². The maximum absolute atomic E-state index is 12.7. The van der Waals surface area contributed by atoms with E-state index in [2.05, 4.69) is 20.3 Å². The SMILES string of the molecule is CC(SCc1nc2scc(-c3ccccc3)c2c(=O)[nH]1)C(=O)Nc1cccnc1. The van der Waals surface area contributed by atoms with Crippen molar-refractivity contribution in [2.75, 3.05) is 5.32 Å². The van der Waals surface area contributed by atoms with Crippen molar-refractivity contribution >= 4 is 44.9 Å². The Labute approximate surface area is 175 Å². The first kappa shape index (κ1) is 19.4. The van der Waals surface area contributed by atoms with Crippen LogP contribution in [0.2, 0.25) is 0 Å². The molecule has 1 amide bonds. The average Bonchev–Trinajstić information content (AvgIpc) is 3.18. The molecule has 0 bridgehead atoms. The van der Waals surface area contributed by atoms with Crippen LogP contribution in [0.3, 0.4) is 0 Å². The van der Waals surface area contributed by atoms with Gasteiger partial charge in [0, 0.05) is 17.1 Å². The number of nitrogens with one attached hydrogen (secondary N) is 2. The van der Waals surface area contributed by atoms with Crippen molar-refractivity contribution in [1.29, 1.82) is 0 Å². The minimum absolute atomic E-state index is 0.117. The molecule has 0 saturated heterocycles. The zero-order valence-corrected chi connectivity index (χ0v) is 17.2. The molecular formula is C21H18N4O2S2. The van der Waals surface area contributed by atoms with Gasteiger partial charge in [-0.25, -0.2) is 4.98 Å². The Hall–Kier alpha value is -2.97. The summed E-state index contributed by atoms with van der Waals surface area (Å²) >= 11 is 2.87. The van der Waals surface area contributed by atoms with Crippen LogP contribution in [0.1, 0.15) is 12.7 Å². The van der Waals surface area contributed by atoms with Crippen LogP contribution in [-0.2, 0) is 10.5 Å². The Morgan fingerprint density at radius 3 is 2.83 bits per heavy atom. The van der Waals surface area contributed by atoms with Crippen LogP contribution < -0.4 is 10.9 Å². The second kappa shape index (κ2) is 8.59. The summed E-state index contributed by atoms with van der Waals surface area (Å²) in [6.45, 7) is 1.83. The molecule has 1 unspecified atom stereocenters. The van der Waals surface area contributed by atoms with E-state index >= 15 is 0 Å². The van der Waals surface area contributed by atoms with E-state index in [0.29, 0.717) is 27.5 Å². The summed E-state index contributed by atoms with van der Waals surface area (Å²) < 4.78 is 0. The van der Waals surface area contributed by atoms with Crippen LogP contribution in [0.15, 0.2) is 65.0 Å². The van der Waals surface area contributed by atoms with Crippen molar-refractivity contribution in [1.82, 2.24) is 15.0 Å². The van der Waals surface area contributed by atoms with Crippen LogP contribution in [-0.4, -0.2) is 26.1 Å². The highest BCUT2D eigenvalue weighted by atomic mass is 32.2. The lowest BCUT2D eigenvalue weighted by Crippen LogP contribution is -2.23. The molecule has 6 nitrogen and oxygen atoms in total. The van der Waals surface area contributed by atoms with Gasteiger partial charge in [-0.2, -0.15) is 0 Å². The predicted molar refractivity (Wildman–Crippen MR) is 119 cm³/mol. The molecule has 29 heavy (non-hydrogen) atoms. The molecule has 0 radical (unpaired) electrons. The van der Waals surface area contributed by atoms with Crippen LogP contribution in [0.5, 0.6) is 0 Å². The highest BCUT2D eigenvalue weighted by Gasteiger charge is 2.16. The largest absolute Gasteiger partial charge is 0.324 e. The molecule has 146 valence electrons. The Morgan fingerprint density at radius 2 is 2.07 bits per heavy atom. The number of thioether (sulfide) groups is 1. The van der Waals surface area contributed by atoms with Crippen molar-refractivity contribution in [3.63, 3.8) is 0 Å². The first-order valence-corrected chi connectivity index (χ1v) is 10.9. The molecule has 0 aliphatic carbocycles. The average molecular weight is 423 g/mol. The Morgan fingerprint density at radius 1 is 1.24 bits per heavy atom. The van der Waals surface area contributed by atoms with Crippen molar-refractivity contribution in [2.24, 2.45) is 0 Å². The molecular weight excluding hydrogens is 404 g/mol. The van der Waals surface area contributed by atoms with Gasteiger partial charge in [-0.1, -0.05) is 30.3 Å². The van der Waals surface area contributed by atoms with Crippen LogP contribution in [0.25, 0.3) is 21.3 Å². The lowest BCUT2D eigenvalue weighted by molar-refractivity contribution is -0.115. The van der Waals surface area contributed by atoms with E-state index in [1.807, 2.05) is 42.6 Å². The summed E-state index contributed by atoms with van der Waals surface area (Å²) in [5.74, 6) is 0.884. The molecule has 1 atom stereocenters. The topological polar surface area (TPSA) is 87.7 Å². The fourth-order valence-electron chi connectivity index (χ4n) is 2.85. The number of rotatable bonds is 6. The monoisotopic (exact) mass is 422 g/mol. The maximum atomic E-state index is 12.7. The minimum Gasteiger partial charge on any atom is -0.324 e. The molecule has 0 aliphatic rings. The van der Waals surface area contributed by atoms with E-state index in [1.165, 1.54) is 23.1 Å². The summed E-state index contributed by atoms with van der Waals surface area (Å²) in [5, 5.41) is 5.09. The Kier molecular flexibility index (Phi) is 5.73. The van der Waals surface area contributed by atoms with Gasteiger partial charge in [-0.3, -0.25) is 14.6 Å². The van der Waals surface area contributed by atoms with Gasteiger partial charge in [-0.05, 0) is 24.6 Å². The number of carbonyl (C=O) groups is 1. The van der Waals surface area contributed by atoms with Gasteiger partial charge >= 0.3 is 0 Å². The molecule has 0 saturated carbocycles. The quantitative estimate of drug-likeness (QED) is 0.483. The molecule has 1 aromatic carbocycles. The first-order valence-electron chi connectivity index (χ1n) is 9.00. The second-order valence-electron chi connectivity index (χ2n) is 6.39. The third kappa shape index (κ3) is 4.38. The van der Waals surface area contributed by atoms with Gasteiger partial charge in [-0.15, -0.1) is 23.1 Å². The van der Waals surface area contributed by atoms with E-state index in [4.69, 9.17) is 0 Å². The minimum atomic E-state index is -0.306. The van der Waals surface area contributed by atoms with E-state index in [-0.39, 0.29) is 16.7 Å². The number of amides is 1. The standard InChI is InChI=1S/C21H18N4O2S2/c1-13(19(26)23-15-8-5-9-22-10-15)28-12-17-24-20(27)18-16(11-29-21(18)25-17)14-6-3-2-4-7-14/h2-11,13H,12H2,1H3,(H,23,26)(H,24,25,27). The van der Waals surface area contributed by atoms with Gasteiger partial charge in [0.1, 0.15) is 10.7 Å². The number of hydrogen-bond acceptors (Lipinski definition) is 6. The second-order valence-corrected chi connectivity index (χ2v) is 8.58. The number of anilines is 1. The highest BCUT2D eigenvalue weighted by molar-refractivity contribution is 7.99. The number of pyridine rings is 1. The normalized spacial score (nSPS) is 12.0. The zero-order valence-electron chi connectivity index (χ0n) is 15.6. The van der Waals surface area contributed by atoms with Gasteiger partial charge in [0.25, 0.3) is 5.56 Å². The number of nitrogens with zero attached hydrogens (tertiary/aromatic N) is 2. The summed E-state index contributed by atoms with van der Waals surface area (Å²) in [7, 11) is 0. The van der Waals surface area contributed by atoms with E-state index < -0.39 is 0 Å². The Bertz CT molecular complexity index is 1190. The summed E-state index contributed by atoms with van der Waals surface area (Å²) in [6, 6.07) is 13.4. The van der Waals surface area contributed by atoms with E-state index in [1.54, 1.807) is 24.5 Å². The molecule has 2 N–H and O–H groups in total. The van der Waals surface area contributed by atoms with E-state index in [0.717, 1.165) is 11.1 Å². The molecule has 0 aliphatic heterocycles. The molecule has 4 rings (SSSR count). The lowest BCUT2D eigenvalue weighted by Gasteiger charge is -2.11. The number of H-pyrrole nitrogens is 1. The van der Waals surface area contributed by atoms with Crippen molar-refractivity contribution < 1.29 is 4.79 Å².